The van der Waals surface area contributed by atoms with Crippen molar-refractivity contribution >= 4 is 0 Å². The number of nitrogens with zero attached hydrogens (tertiary/aromatic N) is 2. The largest absolute Gasteiger partial charge is 0.415 e. The maximum absolute atomic E-state index is 12.5. The standard InChI is InChI=1S/C13H19F3N2O3/c1-3-20-12(6-4-5-7-12)11-17-10(21-18-11)8(2)9(19)13(14,15)16/h8-9,19H,3-7H2,1-2H3. The van der Waals surface area contributed by atoms with Crippen LogP contribution in [0.4, 0.5) is 13.2 Å². The first kappa shape index (κ1) is 16.2. The van der Waals surface area contributed by atoms with Gasteiger partial charge in [0, 0.05) is 6.61 Å². The first-order chi connectivity index (χ1) is 9.80. The minimum absolute atomic E-state index is 0.221. The fourth-order valence-electron chi connectivity index (χ4n) is 2.68. The lowest BCUT2D eigenvalue weighted by atomic mass is 10.0. The Labute approximate surface area is 120 Å². The summed E-state index contributed by atoms with van der Waals surface area (Å²) in [7, 11) is 0. The predicted octanol–water partition coefficient (Wildman–Crippen LogP) is 2.90. The third kappa shape index (κ3) is 3.21. The molecule has 1 aromatic heterocycles. The van der Waals surface area contributed by atoms with E-state index < -0.39 is 23.8 Å². The first-order valence-corrected chi connectivity index (χ1v) is 7.03. The Morgan fingerprint density at radius 1 is 1.38 bits per heavy atom. The van der Waals surface area contributed by atoms with Gasteiger partial charge in [0.05, 0.1) is 5.92 Å². The quantitative estimate of drug-likeness (QED) is 0.906. The van der Waals surface area contributed by atoms with E-state index in [1.807, 2.05) is 6.92 Å². The van der Waals surface area contributed by atoms with Crippen LogP contribution in [0.2, 0.25) is 0 Å². The van der Waals surface area contributed by atoms with Crippen molar-refractivity contribution in [3.8, 4) is 0 Å². The van der Waals surface area contributed by atoms with Crippen LogP contribution in [-0.2, 0) is 10.3 Å². The van der Waals surface area contributed by atoms with Crippen molar-refractivity contribution in [2.75, 3.05) is 6.61 Å². The topological polar surface area (TPSA) is 68.4 Å². The highest BCUT2D eigenvalue weighted by atomic mass is 19.4. The van der Waals surface area contributed by atoms with Crippen molar-refractivity contribution in [2.45, 2.75) is 63.3 Å². The van der Waals surface area contributed by atoms with E-state index in [9.17, 15) is 18.3 Å². The smallest absolute Gasteiger partial charge is 0.383 e. The van der Waals surface area contributed by atoms with Crippen LogP contribution < -0.4 is 0 Å². The van der Waals surface area contributed by atoms with Crippen molar-refractivity contribution in [1.82, 2.24) is 10.1 Å². The van der Waals surface area contributed by atoms with E-state index in [1.165, 1.54) is 6.92 Å². The maximum atomic E-state index is 12.5. The highest BCUT2D eigenvalue weighted by Gasteiger charge is 2.46. The van der Waals surface area contributed by atoms with E-state index in [2.05, 4.69) is 10.1 Å². The SMILES string of the molecule is CCOC1(c2noc(C(C)C(O)C(F)(F)F)n2)CCCC1. The van der Waals surface area contributed by atoms with Gasteiger partial charge in [0.1, 0.15) is 5.60 Å². The summed E-state index contributed by atoms with van der Waals surface area (Å²) in [5.41, 5.74) is -0.667. The molecule has 0 amide bonds. The second-order valence-electron chi connectivity index (χ2n) is 5.37. The highest BCUT2D eigenvalue weighted by Crippen LogP contribution is 2.41. The van der Waals surface area contributed by atoms with E-state index in [0.717, 1.165) is 25.7 Å². The van der Waals surface area contributed by atoms with E-state index >= 15 is 0 Å². The number of aliphatic hydroxyl groups excluding tert-OH is 1. The Morgan fingerprint density at radius 3 is 2.52 bits per heavy atom. The van der Waals surface area contributed by atoms with Gasteiger partial charge >= 0.3 is 6.18 Å². The number of alkyl halides is 3. The molecule has 0 saturated heterocycles. The van der Waals surface area contributed by atoms with Crippen LogP contribution in [0.3, 0.4) is 0 Å². The molecule has 0 bridgehead atoms. The van der Waals surface area contributed by atoms with Crippen molar-refractivity contribution in [2.24, 2.45) is 0 Å². The number of rotatable bonds is 5. The molecule has 0 radical (unpaired) electrons. The lowest BCUT2D eigenvalue weighted by Gasteiger charge is -2.24. The molecule has 1 aliphatic carbocycles. The highest BCUT2D eigenvalue weighted by molar-refractivity contribution is 5.07. The summed E-state index contributed by atoms with van der Waals surface area (Å²) in [5.74, 6) is -1.26. The molecule has 0 aromatic carbocycles. The van der Waals surface area contributed by atoms with Gasteiger partial charge in [0.15, 0.2) is 6.10 Å². The minimum atomic E-state index is -4.72. The molecule has 1 aromatic rings. The minimum Gasteiger partial charge on any atom is -0.383 e. The predicted molar refractivity (Wildman–Crippen MR) is 66.5 cm³/mol. The van der Waals surface area contributed by atoms with Crippen LogP contribution in [0.1, 0.15) is 57.2 Å². The fourth-order valence-corrected chi connectivity index (χ4v) is 2.68. The molecule has 2 rings (SSSR count). The number of aromatic nitrogens is 2. The number of hydrogen-bond donors (Lipinski definition) is 1. The molecule has 1 aliphatic rings. The average Bonchev–Trinajstić information content (AvgIpc) is 3.05. The number of ether oxygens (including phenoxy) is 1. The summed E-state index contributed by atoms with van der Waals surface area (Å²) in [6, 6.07) is 0. The van der Waals surface area contributed by atoms with E-state index in [0.29, 0.717) is 6.61 Å². The summed E-state index contributed by atoms with van der Waals surface area (Å²) in [4.78, 5) is 4.05. The molecule has 8 heteroatoms. The fraction of sp³-hybridized carbons (Fsp3) is 0.846. The van der Waals surface area contributed by atoms with Crippen LogP contribution >= 0.6 is 0 Å². The molecule has 120 valence electrons. The monoisotopic (exact) mass is 308 g/mol. The molecule has 0 aliphatic heterocycles. The summed E-state index contributed by atoms with van der Waals surface area (Å²) < 4.78 is 48.2. The molecular weight excluding hydrogens is 289 g/mol. The molecule has 2 unspecified atom stereocenters. The third-order valence-electron chi connectivity index (χ3n) is 3.88. The van der Waals surface area contributed by atoms with Gasteiger partial charge in [-0.3, -0.25) is 0 Å². The molecule has 1 fully saturated rings. The van der Waals surface area contributed by atoms with E-state index in [-0.39, 0.29) is 11.7 Å². The Balaban J connectivity index is 2.21. The van der Waals surface area contributed by atoms with Crippen LogP contribution in [0.15, 0.2) is 4.52 Å². The van der Waals surface area contributed by atoms with Gasteiger partial charge in [-0.05, 0) is 32.6 Å². The Hall–Kier alpha value is -1.15. The maximum Gasteiger partial charge on any atom is 0.415 e. The van der Waals surface area contributed by atoms with Gasteiger partial charge in [-0.15, -0.1) is 0 Å². The summed E-state index contributed by atoms with van der Waals surface area (Å²) in [6.07, 6.45) is -3.92. The van der Waals surface area contributed by atoms with Gasteiger partial charge in [-0.1, -0.05) is 12.1 Å². The van der Waals surface area contributed by atoms with Crippen molar-refractivity contribution in [1.29, 1.82) is 0 Å². The molecule has 1 N–H and O–H groups in total. The van der Waals surface area contributed by atoms with Gasteiger partial charge in [0.25, 0.3) is 0 Å². The van der Waals surface area contributed by atoms with E-state index in [1.54, 1.807) is 0 Å². The number of halogens is 3. The first-order valence-electron chi connectivity index (χ1n) is 7.03. The molecule has 5 nitrogen and oxygen atoms in total. The summed E-state index contributed by atoms with van der Waals surface area (Å²) in [6.45, 7) is 3.51. The second-order valence-corrected chi connectivity index (χ2v) is 5.37. The molecule has 2 atom stereocenters. The molecule has 1 heterocycles. The zero-order valence-electron chi connectivity index (χ0n) is 12.0. The molecule has 0 spiro atoms. The van der Waals surface area contributed by atoms with Crippen LogP contribution in [0.25, 0.3) is 0 Å². The van der Waals surface area contributed by atoms with Gasteiger partial charge in [-0.2, -0.15) is 18.2 Å². The van der Waals surface area contributed by atoms with Gasteiger partial charge in [0.2, 0.25) is 11.7 Å². The summed E-state index contributed by atoms with van der Waals surface area (Å²) >= 11 is 0. The van der Waals surface area contributed by atoms with Crippen molar-refractivity contribution < 1.29 is 27.5 Å². The zero-order chi connectivity index (χ0) is 15.7. The molecule has 21 heavy (non-hydrogen) atoms. The normalized spacial score (nSPS) is 21.4. The lowest BCUT2D eigenvalue weighted by Crippen LogP contribution is -2.33. The number of aliphatic hydroxyl groups is 1. The zero-order valence-corrected chi connectivity index (χ0v) is 12.0. The van der Waals surface area contributed by atoms with Crippen LogP contribution in [-0.4, -0.2) is 34.1 Å². The second kappa shape index (κ2) is 5.92. The third-order valence-corrected chi connectivity index (χ3v) is 3.88. The molecule has 1 saturated carbocycles. The van der Waals surface area contributed by atoms with Gasteiger partial charge < -0.3 is 14.4 Å². The Morgan fingerprint density at radius 2 is 2.00 bits per heavy atom. The van der Waals surface area contributed by atoms with Crippen LogP contribution in [0.5, 0.6) is 0 Å². The van der Waals surface area contributed by atoms with Crippen molar-refractivity contribution in [3.63, 3.8) is 0 Å². The molecular formula is C13H19F3N2O3. The van der Waals surface area contributed by atoms with Gasteiger partial charge in [-0.25, -0.2) is 0 Å². The summed E-state index contributed by atoms with van der Waals surface area (Å²) in [5, 5.41) is 13.1. The van der Waals surface area contributed by atoms with Crippen molar-refractivity contribution in [3.05, 3.63) is 11.7 Å². The Kier molecular flexibility index (Phi) is 4.57. The average molecular weight is 308 g/mol. The lowest BCUT2D eigenvalue weighted by molar-refractivity contribution is -0.210. The van der Waals surface area contributed by atoms with E-state index in [4.69, 9.17) is 9.26 Å². The van der Waals surface area contributed by atoms with Crippen LogP contribution in [0, 0.1) is 0 Å². The number of hydrogen-bond acceptors (Lipinski definition) is 5. The Bertz CT molecular complexity index is 469.